The Hall–Kier alpha value is -1.67. The standard InChI is InChI=1S/C19H25F3N4O/c1-11-7-16(17-9-23-12(2)10-27-17)26-18(24-11)8-15(25-26)13-3-5-14(6-4-13)19(20,21)22/h7-8,12-14,17,23H,3-6,9-10H2,1-2H3/t12-,13-,14-,17-/m1/s1. The van der Waals surface area contributed by atoms with E-state index in [9.17, 15) is 13.2 Å². The van der Waals surface area contributed by atoms with Crippen LogP contribution in [0.15, 0.2) is 12.1 Å². The monoisotopic (exact) mass is 382 g/mol. The van der Waals surface area contributed by atoms with Gasteiger partial charge in [-0.15, -0.1) is 0 Å². The molecule has 2 atom stereocenters. The van der Waals surface area contributed by atoms with Crippen molar-refractivity contribution < 1.29 is 17.9 Å². The van der Waals surface area contributed by atoms with E-state index in [1.807, 2.05) is 19.1 Å². The van der Waals surface area contributed by atoms with E-state index in [1.165, 1.54) is 0 Å². The third-order valence-electron chi connectivity index (χ3n) is 5.74. The van der Waals surface area contributed by atoms with E-state index in [4.69, 9.17) is 9.84 Å². The van der Waals surface area contributed by atoms with Crippen LogP contribution in [0.4, 0.5) is 13.2 Å². The molecule has 0 radical (unpaired) electrons. The zero-order chi connectivity index (χ0) is 19.2. The number of alkyl halides is 3. The fourth-order valence-corrected chi connectivity index (χ4v) is 4.17. The van der Waals surface area contributed by atoms with Crippen LogP contribution >= 0.6 is 0 Å². The van der Waals surface area contributed by atoms with Gasteiger partial charge in [0.15, 0.2) is 5.65 Å². The fourth-order valence-electron chi connectivity index (χ4n) is 4.17. The summed E-state index contributed by atoms with van der Waals surface area (Å²) in [5.74, 6) is -1.12. The highest BCUT2D eigenvalue weighted by molar-refractivity contribution is 5.43. The molecule has 2 aromatic heterocycles. The van der Waals surface area contributed by atoms with Crippen LogP contribution in [0.3, 0.4) is 0 Å². The molecular formula is C19H25F3N4O. The molecule has 5 nitrogen and oxygen atoms in total. The summed E-state index contributed by atoms with van der Waals surface area (Å²) in [6.45, 7) is 5.34. The average Bonchev–Trinajstić information content (AvgIpc) is 3.05. The minimum atomic E-state index is -4.09. The predicted octanol–water partition coefficient (Wildman–Crippen LogP) is 3.92. The Kier molecular flexibility index (Phi) is 4.88. The van der Waals surface area contributed by atoms with E-state index >= 15 is 0 Å². The Balaban J connectivity index is 1.58. The maximum atomic E-state index is 12.9. The van der Waals surface area contributed by atoms with Crippen molar-refractivity contribution in [1.82, 2.24) is 19.9 Å². The Morgan fingerprint density at radius 2 is 1.93 bits per heavy atom. The Morgan fingerprint density at radius 3 is 2.56 bits per heavy atom. The number of aromatic nitrogens is 3. The Bertz CT molecular complexity index is 803. The molecule has 0 bridgehead atoms. The molecule has 1 N–H and O–H groups in total. The molecular weight excluding hydrogens is 357 g/mol. The highest BCUT2D eigenvalue weighted by Crippen LogP contribution is 2.42. The number of hydrogen-bond acceptors (Lipinski definition) is 4. The predicted molar refractivity (Wildman–Crippen MR) is 94.6 cm³/mol. The van der Waals surface area contributed by atoms with Gasteiger partial charge < -0.3 is 10.1 Å². The van der Waals surface area contributed by atoms with Gasteiger partial charge in [-0.1, -0.05) is 0 Å². The van der Waals surface area contributed by atoms with E-state index < -0.39 is 12.1 Å². The largest absolute Gasteiger partial charge is 0.391 e. The zero-order valence-electron chi connectivity index (χ0n) is 15.6. The molecule has 0 amide bonds. The summed E-state index contributed by atoms with van der Waals surface area (Å²) in [4.78, 5) is 4.56. The van der Waals surface area contributed by atoms with Gasteiger partial charge in [-0.05, 0) is 45.6 Å². The van der Waals surface area contributed by atoms with Crippen LogP contribution in [-0.4, -0.2) is 40.0 Å². The number of ether oxygens (including phenoxy) is 1. The number of morpholine rings is 1. The van der Waals surface area contributed by atoms with Crippen LogP contribution in [0.25, 0.3) is 5.65 Å². The van der Waals surface area contributed by atoms with Crippen LogP contribution < -0.4 is 5.32 Å². The zero-order valence-corrected chi connectivity index (χ0v) is 15.6. The maximum absolute atomic E-state index is 12.9. The number of fused-ring (bicyclic) bond motifs is 1. The minimum Gasteiger partial charge on any atom is -0.369 e. The Morgan fingerprint density at radius 1 is 1.19 bits per heavy atom. The molecule has 27 heavy (non-hydrogen) atoms. The van der Waals surface area contributed by atoms with Crippen molar-refractivity contribution in [2.75, 3.05) is 13.2 Å². The third kappa shape index (κ3) is 3.82. The molecule has 3 heterocycles. The summed E-state index contributed by atoms with van der Waals surface area (Å²) in [6.07, 6.45) is -2.82. The topological polar surface area (TPSA) is 51.5 Å². The Labute approximate surface area is 156 Å². The molecule has 1 aliphatic heterocycles. The lowest BCUT2D eigenvalue weighted by Crippen LogP contribution is -2.41. The van der Waals surface area contributed by atoms with Gasteiger partial charge in [0.1, 0.15) is 6.10 Å². The van der Waals surface area contributed by atoms with Crippen LogP contribution in [0.2, 0.25) is 0 Å². The van der Waals surface area contributed by atoms with Crippen molar-refractivity contribution >= 4 is 5.65 Å². The van der Waals surface area contributed by atoms with Gasteiger partial charge in [-0.3, -0.25) is 0 Å². The van der Waals surface area contributed by atoms with Crippen molar-refractivity contribution in [3.05, 3.63) is 29.2 Å². The van der Waals surface area contributed by atoms with Crippen LogP contribution in [-0.2, 0) is 4.74 Å². The lowest BCUT2D eigenvalue weighted by molar-refractivity contribution is -0.182. The smallest absolute Gasteiger partial charge is 0.369 e. The first kappa shape index (κ1) is 18.7. The van der Waals surface area contributed by atoms with Crippen LogP contribution in [0.1, 0.15) is 61.7 Å². The minimum absolute atomic E-state index is 0.0591. The van der Waals surface area contributed by atoms with Gasteiger partial charge in [0.05, 0.1) is 23.9 Å². The lowest BCUT2D eigenvalue weighted by Gasteiger charge is -2.29. The van der Waals surface area contributed by atoms with Gasteiger partial charge in [0.25, 0.3) is 0 Å². The number of halogens is 3. The van der Waals surface area contributed by atoms with Crippen molar-refractivity contribution in [3.8, 4) is 0 Å². The van der Waals surface area contributed by atoms with Crippen LogP contribution in [0.5, 0.6) is 0 Å². The SMILES string of the molecule is Cc1cc([C@H]2CN[C@H](C)CO2)n2nc([C@H]3CC[C@H](C(F)(F)F)CC3)cc2n1. The molecule has 1 saturated heterocycles. The normalized spacial score (nSPS) is 30.0. The van der Waals surface area contributed by atoms with Gasteiger partial charge in [-0.25, -0.2) is 9.50 Å². The summed E-state index contributed by atoms with van der Waals surface area (Å²) in [6, 6.07) is 4.22. The number of nitrogens with one attached hydrogen (secondary N) is 1. The second kappa shape index (κ2) is 7.05. The molecule has 8 heteroatoms. The number of nitrogens with zero attached hydrogens (tertiary/aromatic N) is 3. The van der Waals surface area contributed by atoms with E-state index in [-0.39, 0.29) is 24.9 Å². The first-order valence-corrected chi connectivity index (χ1v) is 9.60. The summed E-state index contributed by atoms with van der Waals surface area (Å²) in [5, 5.41) is 8.13. The van der Waals surface area contributed by atoms with E-state index in [2.05, 4.69) is 17.2 Å². The summed E-state index contributed by atoms with van der Waals surface area (Å²) in [5.41, 5.74) is 3.39. The summed E-state index contributed by atoms with van der Waals surface area (Å²) >= 11 is 0. The third-order valence-corrected chi connectivity index (χ3v) is 5.74. The number of aryl methyl sites for hydroxylation is 1. The van der Waals surface area contributed by atoms with Crippen molar-refractivity contribution in [1.29, 1.82) is 0 Å². The van der Waals surface area contributed by atoms with Gasteiger partial charge in [0, 0.05) is 30.3 Å². The summed E-state index contributed by atoms with van der Waals surface area (Å²) < 4.78 is 46.5. The lowest BCUT2D eigenvalue weighted by atomic mass is 9.80. The molecule has 1 aliphatic carbocycles. The number of rotatable bonds is 2. The second-order valence-electron chi connectivity index (χ2n) is 7.88. The molecule has 0 aromatic carbocycles. The second-order valence-corrected chi connectivity index (χ2v) is 7.88. The number of hydrogen-bond donors (Lipinski definition) is 1. The van der Waals surface area contributed by atoms with Gasteiger partial charge >= 0.3 is 6.18 Å². The molecule has 0 unspecified atom stereocenters. The molecule has 2 aromatic rings. The molecule has 0 spiro atoms. The van der Waals surface area contributed by atoms with Crippen molar-refractivity contribution in [2.45, 2.75) is 63.8 Å². The van der Waals surface area contributed by atoms with E-state index in [1.54, 1.807) is 4.52 Å². The van der Waals surface area contributed by atoms with E-state index in [0.29, 0.717) is 32.0 Å². The summed E-state index contributed by atoms with van der Waals surface area (Å²) in [7, 11) is 0. The van der Waals surface area contributed by atoms with Gasteiger partial charge in [-0.2, -0.15) is 18.3 Å². The van der Waals surface area contributed by atoms with E-state index in [0.717, 1.165) is 22.7 Å². The van der Waals surface area contributed by atoms with Gasteiger partial charge in [0.2, 0.25) is 0 Å². The molecule has 2 aliphatic rings. The van der Waals surface area contributed by atoms with Crippen molar-refractivity contribution in [3.63, 3.8) is 0 Å². The molecule has 1 saturated carbocycles. The average molecular weight is 382 g/mol. The highest BCUT2D eigenvalue weighted by atomic mass is 19.4. The fraction of sp³-hybridized carbons (Fsp3) is 0.684. The van der Waals surface area contributed by atoms with Crippen LogP contribution in [0, 0.1) is 12.8 Å². The molecule has 148 valence electrons. The van der Waals surface area contributed by atoms with Crippen molar-refractivity contribution in [2.24, 2.45) is 5.92 Å². The highest BCUT2D eigenvalue weighted by Gasteiger charge is 2.42. The first-order valence-electron chi connectivity index (χ1n) is 9.60. The first-order chi connectivity index (χ1) is 12.8. The molecule has 2 fully saturated rings. The molecule has 4 rings (SSSR count). The maximum Gasteiger partial charge on any atom is 0.391 e. The quantitative estimate of drug-likeness (QED) is 0.855.